The molecule has 0 unspecified atom stereocenters. The molecule has 3 rings (SSSR count). The summed E-state index contributed by atoms with van der Waals surface area (Å²) in [5.74, 6) is 1.75. The van der Waals surface area contributed by atoms with E-state index < -0.39 is 0 Å². The highest BCUT2D eigenvalue weighted by molar-refractivity contribution is 9.10. The van der Waals surface area contributed by atoms with Gasteiger partial charge in [0.2, 0.25) is 0 Å². The first-order chi connectivity index (χ1) is 13.2. The van der Waals surface area contributed by atoms with Gasteiger partial charge in [-0.2, -0.15) is 0 Å². The van der Waals surface area contributed by atoms with Crippen molar-refractivity contribution in [1.29, 1.82) is 0 Å². The van der Waals surface area contributed by atoms with Crippen molar-refractivity contribution in [3.8, 4) is 11.5 Å². The molecule has 0 atom stereocenters. The van der Waals surface area contributed by atoms with Gasteiger partial charge in [0.15, 0.2) is 0 Å². The Morgan fingerprint density at radius 1 is 0.889 bits per heavy atom. The fourth-order valence-electron chi connectivity index (χ4n) is 2.75. The zero-order valence-corrected chi connectivity index (χ0v) is 17.4. The van der Waals surface area contributed by atoms with E-state index in [9.17, 15) is 0 Å². The molecule has 1 N–H and O–H groups in total. The van der Waals surface area contributed by atoms with E-state index >= 15 is 0 Å². The van der Waals surface area contributed by atoms with Crippen LogP contribution < -0.4 is 14.8 Å². The number of hydrogen-bond acceptors (Lipinski definition) is 3. The smallest absolute Gasteiger partial charge is 0.124 e. The van der Waals surface area contributed by atoms with Crippen LogP contribution in [-0.2, 0) is 19.7 Å². The number of hydrogen-bond donors (Lipinski definition) is 1. The topological polar surface area (TPSA) is 30.5 Å². The maximum Gasteiger partial charge on any atom is 0.124 e. The number of methoxy groups -OCH3 is 1. The van der Waals surface area contributed by atoms with Crippen LogP contribution in [0.15, 0.2) is 71.2 Å². The van der Waals surface area contributed by atoms with Crippen LogP contribution in [0.4, 0.5) is 0 Å². The van der Waals surface area contributed by atoms with Gasteiger partial charge in [-0.1, -0.05) is 57.9 Å². The van der Waals surface area contributed by atoms with Gasteiger partial charge < -0.3 is 14.8 Å². The van der Waals surface area contributed by atoms with Crippen LogP contribution >= 0.6 is 27.5 Å². The van der Waals surface area contributed by atoms with Crippen LogP contribution in [0.3, 0.4) is 0 Å². The summed E-state index contributed by atoms with van der Waals surface area (Å²) in [7, 11) is 1.69. The Morgan fingerprint density at radius 3 is 2.41 bits per heavy atom. The first-order valence-corrected chi connectivity index (χ1v) is 9.81. The second-order valence-electron chi connectivity index (χ2n) is 6.08. The fourth-order valence-corrected chi connectivity index (χ4v) is 3.28. The zero-order chi connectivity index (χ0) is 19.1. The first kappa shape index (κ1) is 19.7. The van der Waals surface area contributed by atoms with E-state index in [-0.39, 0.29) is 0 Å². The monoisotopic (exact) mass is 445 g/mol. The zero-order valence-electron chi connectivity index (χ0n) is 15.0. The number of nitrogens with one attached hydrogen (secondary N) is 1. The van der Waals surface area contributed by atoms with Crippen LogP contribution in [0.2, 0.25) is 5.02 Å². The Bertz CT molecular complexity index is 884. The summed E-state index contributed by atoms with van der Waals surface area (Å²) in [5, 5.41) is 4.19. The Kier molecular flexibility index (Phi) is 7.16. The summed E-state index contributed by atoms with van der Waals surface area (Å²) >= 11 is 9.48. The summed E-state index contributed by atoms with van der Waals surface area (Å²) in [4.78, 5) is 0. The molecule has 0 spiro atoms. The van der Waals surface area contributed by atoms with Crippen LogP contribution in [0, 0.1) is 0 Å². The molecule has 0 fully saturated rings. The van der Waals surface area contributed by atoms with Gasteiger partial charge in [-0.05, 0) is 42.0 Å². The Balaban J connectivity index is 1.64. The average molecular weight is 447 g/mol. The van der Waals surface area contributed by atoms with Gasteiger partial charge >= 0.3 is 0 Å². The molecule has 27 heavy (non-hydrogen) atoms. The minimum atomic E-state index is 0.498. The van der Waals surface area contributed by atoms with E-state index in [4.69, 9.17) is 21.1 Å². The third-order valence-electron chi connectivity index (χ3n) is 4.15. The molecule has 0 aliphatic rings. The van der Waals surface area contributed by atoms with E-state index in [1.807, 2.05) is 54.6 Å². The highest BCUT2D eigenvalue weighted by Gasteiger charge is 2.07. The van der Waals surface area contributed by atoms with Crippen molar-refractivity contribution < 1.29 is 9.47 Å². The summed E-state index contributed by atoms with van der Waals surface area (Å²) in [6, 6.07) is 21.8. The number of ether oxygens (including phenoxy) is 2. The van der Waals surface area contributed by atoms with Crippen LogP contribution in [0.5, 0.6) is 11.5 Å². The van der Waals surface area contributed by atoms with Crippen LogP contribution in [0.1, 0.15) is 16.7 Å². The van der Waals surface area contributed by atoms with Crippen molar-refractivity contribution >= 4 is 27.5 Å². The van der Waals surface area contributed by atoms with Gasteiger partial charge in [0, 0.05) is 33.7 Å². The van der Waals surface area contributed by atoms with Gasteiger partial charge in [-0.3, -0.25) is 0 Å². The molecule has 0 bridgehead atoms. The van der Waals surface area contributed by atoms with E-state index in [2.05, 4.69) is 33.4 Å². The lowest BCUT2D eigenvalue weighted by molar-refractivity contribution is 0.302. The van der Waals surface area contributed by atoms with Crippen molar-refractivity contribution in [2.24, 2.45) is 0 Å². The Hall–Kier alpha value is -2.01. The molecular formula is C22H21BrClNO2. The lowest BCUT2D eigenvalue weighted by atomic mass is 10.1. The molecule has 0 aromatic heterocycles. The maximum absolute atomic E-state index is 6.04. The van der Waals surface area contributed by atoms with Crippen molar-refractivity contribution in [2.45, 2.75) is 19.7 Å². The van der Waals surface area contributed by atoms with Gasteiger partial charge in [-0.15, -0.1) is 0 Å². The average Bonchev–Trinajstić information content (AvgIpc) is 2.69. The molecule has 0 saturated carbocycles. The van der Waals surface area contributed by atoms with Crippen LogP contribution in [-0.4, -0.2) is 7.11 Å². The third kappa shape index (κ3) is 5.73. The molecule has 5 heteroatoms. The van der Waals surface area contributed by atoms with Gasteiger partial charge in [-0.25, -0.2) is 0 Å². The minimum Gasteiger partial charge on any atom is -0.496 e. The molecule has 3 nitrogen and oxygen atoms in total. The quantitative estimate of drug-likeness (QED) is 0.462. The van der Waals surface area contributed by atoms with E-state index in [1.54, 1.807) is 7.11 Å². The standard InChI is InChI=1S/C22H21BrClNO2/c1-26-21-5-3-2-4-17(21)13-25-14-18-12-19(23)8-11-22(18)27-15-16-6-9-20(24)10-7-16/h2-12,25H,13-15H2,1H3. The lowest BCUT2D eigenvalue weighted by Gasteiger charge is -2.14. The van der Waals surface area contributed by atoms with Crippen molar-refractivity contribution in [2.75, 3.05) is 7.11 Å². The normalized spacial score (nSPS) is 10.6. The molecular weight excluding hydrogens is 426 g/mol. The Morgan fingerprint density at radius 2 is 1.63 bits per heavy atom. The highest BCUT2D eigenvalue weighted by atomic mass is 79.9. The summed E-state index contributed by atoms with van der Waals surface area (Å²) in [6.07, 6.45) is 0. The number of rotatable bonds is 8. The number of para-hydroxylation sites is 1. The first-order valence-electron chi connectivity index (χ1n) is 8.64. The SMILES string of the molecule is COc1ccccc1CNCc1cc(Br)ccc1OCc1ccc(Cl)cc1. The minimum absolute atomic E-state index is 0.498. The van der Waals surface area contributed by atoms with E-state index in [0.29, 0.717) is 19.7 Å². The van der Waals surface area contributed by atoms with E-state index in [0.717, 1.165) is 37.7 Å². The summed E-state index contributed by atoms with van der Waals surface area (Å²) in [5.41, 5.74) is 3.29. The molecule has 0 saturated heterocycles. The van der Waals surface area contributed by atoms with Gasteiger partial charge in [0.05, 0.1) is 7.11 Å². The largest absolute Gasteiger partial charge is 0.496 e. The summed E-state index contributed by atoms with van der Waals surface area (Å²) in [6.45, 7) is 1.90. The predicted octanol–water partition coefficient (Wildman–Crippen LogP) is 5.98. The number of benzene rings is 3. The van der Waals surface area contributed by atoms with Crippen LogP contribution in [0.25, 0.3) is 0 Å². The summed E-state index contributed by atoms with van der Waals surface area (Å²) < 4.78 is 12.5. The highest BCUT2D eigenvalue weighted by Crippen LogP contribution is 2.25. The molecule has 0 heterocycles. The van der Waals surface area contributed by atoms with Gasteiger partial charge in [0.25, 0.3) is 0 Å². The Labute approximate surface area is 173 Å². The number of halogens is 2. The van der Waals surface area contributed by atoms with Gasteiger partial charge in [0.1, 0.15) is 18.1 Å². The van der Waals surface area contributed by atoms with Crippen molar-refractivity contribution in [3.05, 3.63) is 92.9 Å². The lowest BCUT2D eigenvalue weighted by Crippen LogP contribution is -2.14. The van der Waals surface area contributed by atoms with E-state index in [1.165, 1.54) is 0 Å². The molecule has 3 aromatic rings. The van der Waals surface area contributed by atoms with Crippen molar-refractivity contribution in [1.82, 2.24) is 5.32 Å². The molecule has 0 radical (unpaired) electrons. The molecule has 0 amide bonds. The second-order valence-corrected chi connectivity index (χ2v) is 7.43. The second kappa shape index (κ2) is 9.79. The predicted molar refractivity (Wildman–Crippen MR) is 113 cm³/mol. The fraction of sp³-hybridized carbons (Fsp3) is 0.182. The molecule has 0 aliphatic heterocycles. The third-order valence-corrected chi connectivity index (χ3v) is 4.90. The molecule has 3 aromatic carbocycles. The molecule has 140 valence electrons. The van der Waals surface area contributed by atoms with Crippen molar-refractivity contribution in [3.63, 3.8) is 0 Å². The maximum atomic E-state index is 6.04. The molecule has 0 aliphatic carbocycles.